The van der Waals surface area contributed by atoms with E-state index in [1.54, 1.807) is 21.0 Å². The SMILES string of the molecule is COC(=O)C[C@](O)(CCCC(C)(C)O)C(=O)O[C@@H]1/C(OC)=C\CCCCN2CCc3cc4c(cc3[C@H]1C2)OCO4. The highest BCUT2D eigenvalue weighted by Gasteiger charge is 2.45. The lowest BCUT2D eigenvalue weighted by molar-refractivity contribution is -0.178. The molecule has 0 saturated carbocycles. The summed E-state index contributed by atoms with van der Waals surface area (Å²) >= 11 is 0. The Morgan fingerprint density at radius 3 is 2.52 bits per heavy atom. The largest absolute Gasteiger partial charge is 0.497 e. The zero-order chi connectivity index (χ0) is 28.9. The van der Waals surface area contributed by atoms with E-state index >= 15 is 0 Å². The molecule has 0 aliphatic carbocycles. The summed E-state index contributed by atoms with van der Waals surface area (Å²) < 4.78 is 28.1. The summed E-state index contributed by atoms with van der Waals surface area (Å²) in [6.45, 7) is 5.83. The summed E-state index contributed by atoms with van der Waals surface area (Å²) in [4.78, 5) is 28.5. The molecule has 10 heteroatoms. The molecular weight excluding hydrogens is 518 g/mol. The molecule has 1 aromatic rings. The molecule has 3 aliphatic heterocycles. The predicted octanol–water partition coefficient (Wildman–Crippen LogP) is 3.22. The molecule has 3 heterocycles. The van der Waals surface area contributed by atoms with Crippen LogP contribution in [0.25, 0.3) is 0 Å². The Morgan fingerprint density at radius 2 is 1.82 bits per heavy atom. The fraction of sp³-hybridized carbons (Fsp3) is 0.667. The Bertz CT molecular complexity index is 1100. The Kier molecular flexibility index (Phi) is 9.64. The van der Waals surface area contributed by atoms with Gasteiger partial charge in [0.2, 0.25) is 6.79 Å². The number of hydrogen-bond acceptors (Lipinski definition) is 10. The summed E-state index contributed by atoms with van der Waals surface area (Å²) in [7, 11) is 2.76. The number of nitrogens with zero attached hydrogens (tertiary/aromatic N) is 1. The Hall–Kier alpha value is -2.82. The molecule has 2 N–H and O–H groups in total. The normalized spacial score (nSPS) is 25.4. The van der Waals surface area contributed by atoms with Crippen LogP contribution in [0.1, 0.15) is 75.8 Å². The summed E-state index contributed by atoms with van der Waals surface area (Å²) in [5.41, 5.74) is -1.05. The maximum Gasteiger partial charge on any atom is 0.339 e. The maximum atomic E-state index is 13.8. The van der Waals surface area contributed by atoms with Crippen LogP contribution in [-0.4, -0.2) is 85.0 Å². The van der Waals surface area contributed by atoms with Gasteiger partial charge in [-0.3, -0.25) is 4.79 Å². The van der Waals surface area contributed by atoms with Crippen molar-refractivity contribution in [2.24, 2.45) is 0 Å². The first-order valence-electron chi connectivity index (χ1n) is 14.1. The molecule has 0 radical (unpaired) electrons. The fourth-order valence-corrected chi connectivity index (χ4v) is 5.76. The molecule has 0 aromatic heterocycles. The lowest BCUT2D eigenvalue weighted by Gasteiger charge is -2.35. The second kappa shape index (κ2) is 12.8. The van der Waals surface area contributed by atoms with Crippen LogP contribution in [-0.2, 0) is 30.2 Å². The zero-order valence-corrected chi connectivity index (χ0v) is 24.1. The summed E-state index contributed by atoms with van der Waals surface area (Å²) in [5, 5.41) is 21.7. The monoisotopic (exact) mass is 561 g/mol. The molecule has 2 bridgehead atoms. The standard InChI is InChI=1S/C30H43NO9/c1-29(2,34)11-8-12-30(35,17-26(32)37-4)28(33)40-27-22-18-31(13-7-5-6-9-23(27)36-3)14-10-20-15-24-25(16-21(20)22)39-19-38-24/h9,15-16,22,27,34-35H,5-8,10-14,17-19H2,1-4H3/b23-9+/t22-,27+,30-/m1/s1. The Labute approximate surface area is 236 Å². The lowest BCUT2D eigenvalue weighted by Crippen LogP contribution is -2.46. The molecule has 0 spiro atoms. The third kappa shape index (κ3) is 7.27. The first-order valence-corrected chi connectivity index (χ1v) is 14.1. The molecule has 0 fully saturated rings. The summed E-state index contributed by atoms with van der Waals surface area (Å²) in [6, 6.07) is 3.98. The van der Waals surface area contributed by atoms with Gasteiger partial charge in [-0.25, -0.2) is 4.79 Å². The van der Waals surface area contributed by atoms with Crippen LogP contribution >= 0.6 is 0 Å². The molecule has 4 rings (SSSR count). The number of hydrogen-bond donors (Lipinski definition) is 2. The average Bonchev–Trinajstić information content (AvgIpc) is 3.29. The number of ether oxygens (including phenoxy) is 5. The van der Waals surface area contributed by atoms with Crippen molar-refractivity contribution in [3.63, 3.8) is 0 Å². The van der Waals surface area contributed by atoms with Crippen molar-refractivity contribution >= 4 is 11.9 Å². The molecule has 0 amide bonds. The van der Waals surface area contributed by atoms with Gasteiger partial charge in [0.15, 0.2) is 23.2 Å². The number of carbonyl (C=O) groups is 2. The minimum Gasteiger partial charge on any atom is -0.497 e. The molecule has 10 nitrogen and oxygen atoms in total. The van der Waals surface area contributed by atoms with E-state index in [0.29, 0.717) is 36.6 Å². The van der Waals surface area contributed by atoms with Crippen molar-refractivity contribution in [3.05, 3.63) is 35.1 Å². The molecule has 222 valence electrons. The highest BCUT2D eigenvalue weighted by Crippen LogP contribution is 2.42. The molecular formula is C30H43NO9. The molecule has 1 aromatic carbocycles. The number of allylic oxidation sites excluding steroid dienone is 1. The van der Waals surface area contributed by atoms with Gasteiger partial charge >= 0.3 is 11.9 Å². The predicted molar refractivity (Wildman–Crippen MR) is 146 cm³/mol. The van der Waals surface area contributed by atoms with Crippen molar-refractivity contribution in [2.45, 2.75) is 88.4 Å². The molecule has 0 saturated heterocycles. The molecule has 4 atom stereocenters. The van der Waals surface area contributed by atoms with E-state index in [1.165, 1.54) is 7.11 Å². The summed E-state index contributed by atoms with van der Waals surface area (Å²) in [6.07, 6.45) is 4.65. The third-order valence-electron chi connectivity index (χ3n) is 8.00. The third-order valence-corrected chi connectivity index (χ3v) is 8.00. The number of rotatable bonds is 9. The van der Waals surface area contributed by atoms with Gasteiger partial charge in [0, 0.05) is 19.0 Å². The quantitative estimate of drug-likeness (QED) is 0.434. The van der Waals surface area contributed by atoms with Gasteiger partial charge < -0.3 is 38.8 Å². The van der Waals surface area contributed by atoms with E-state index in [2.05, 4.69) is 4.90 Å². The van der Waals surface area contributed by atoms with Crippen LogP contribution < -0.4 is 9.47 Å². The summed E-state index contributed by atoms with van der Waals surface area (Å²) in [5.74, 6) is -0.120. The van der Waals surface area contributed by atoms with E-state index in [-0.39, 0.29) is 19.1 Å². The second-order valence-corrected chi connectivity index (χ2v) is 11.6. The van der Waals surface area contributed by atoms with Crippen LogP contribution in [0, 0.1) is 0 Å². The van der Waals surface area contributed by atoms with Crippen LogP contribution in [0.4, 0.5) is 0 Å². The van der Waals surface area contributed by atoms with Crippen molar-refractivity contribution in [2.75, 3.05) is 40.6 Å². The Morgan fingerprint density at radius 1 is 1.07 bits per heavy atom. The maximum absolute atomic E-state index is 13.8. The van der Waals surface area contributed by atoms with Gasteiger partial charge in [-0.05, 0) is 94.7 Å². The number of aliphatic hydroxyl groups is 2. The smallest absolute Gasteiger partial charge is 0.339 e. The Balaban J connectivity index is 1.71. The first kappa shape index (κ1) is 30.1. The number of esters is 2. The van der Waals surface area contributed by atoms with E-state index < -0.39 is 35.7 Å². The number of fused-ring (bicyclic) bond motifs is 5. The number of methoxy groups -OCH3 is 2. The minimum absolute atomic E-state index is 0.0737. The highest BCUT2D eigenvalue weighted by atomic mass is 16.7. The van der Waals surface area contributed by atoms with Gasteiger partial charge in [-0.2, -0.15) is 0 Å². The van der Waals surface area contributed by atoms with Crippen molar-refractivity contribution in [1.29, 1.82) is 0 Å². The molecule has 3 aliphatic rings. The molecule has 1 unspecified atom stereocenters. The van der Waals surface area contributed by atoms with E-state index in [9.17, 15) is 19.8 Å². The van der Waals surface area contributed by atoms with Gasteiger partial charge in [-0.15, -0.1) is 0 Å². The van der Waals surface area contributed by atoms with E-state index in [1.807, 2.05) is 18.2 Å². The van der Waals surface area contributed by atoms with Crippen LogP contribution in [0.2, 0.25) is 0 Å². The van der Waals surface area contributed by atoms with E-state index in [0.717, 1.165) is 49.9 Å². The topological polar surface area (TPSA) is 124 Å². The van der Waals surface area contributed by atoms with Gasteiger partial charge in [0.1, 0.15) is 5.76 Å². The highest BCUT2D eigenvalue weighted by molar-refractivity contribution is 5.86. The average molecular weight is 562 g/mol. The van der Waals surface area contributed by atoms with Crippen LogP contribution in [0.3, 0.4) is 0 Å². The van der Waals surface area contributed by atoms with Crippen molar-refractivity contribution < 1.29 is 43.5 Å². The number of carbonyl (C=O) groups excluding carboxylic acids is 2. The number of benzene rings is 1. The van der Waals surface area contributed by atoms with Gasteiger partial charge in [-0.1, -0.05) is 0 Å². The van der Waals surface area contributed by atoms with Crippen molar-refractivity contribution in [3.8, 4) is 11.5 Å². The zero-order valence-electron chi connectivity index (χ0n) is 24.1. The second-order valence-electron chi connectivity index (χ2n) is 11.6. The van der Waals surface area contributed by atoms with Crippen LogP contribution in [0.5, 0.6) is 11.5 Å². The lowest BCUT2D eigenvalue weighted by atomic mass is 9.86. The first-order chi connectivity index (χ1) is 19.0. The van der Waals surface area contributed by atoms with Gasteiger partial charge in [0.05, 0.1) is 26.2 Å². The fourth-order valence-electron chi connectivity index (χ4n) is 5.76. The van der Waals surface area contributed by atoms with E-state index in [4.69, 9.17) is 23.7 Å². The van der Waals surface area contributed by atoms with Crippen LogP contribution in [0.15, 0.2) is 24.0 Å². The van der Waals surface area contributed by atoms with Gasteiger partial charge in [0.25, 0.3) is 0 Å². The van der Waals surface area contributed by atoms with Crippen molar-refractivity contribution in [1.82, 2.24) is 4.90 Å². The minimum atomic E-state index is -2.13. The molecule has 40 heavy (non-hydrogen) atoms.